The number of hydrogen-bond donors (Lipinski definition) is 2. The maximum atomic E-state index is 15.3. The molecule has 200 valence electrons. The molecule has 0 aliphatic carbocycles. The molecule has 9 nitrogen and oxygen atoms in total. The van der Waals surface area contributed by atoms with Crippen molar-refractivity contribution < 1.29 is 41.0 Å². The molecule has 3 rings (SSSR count). The van der Waals surface area contributed by atoms with Crippen LogP contribution in [-0.2, 0) is 31.8 Å². The van der Waals surface area contributed by atoms with Gasteiger partial charge in [0, 0.05) is 11.3 Å². The van der Waals surface area contributed by atoms with Gasteiger partial charge >= 0.3 is 18.1 Å². The molecule has 3 N–H and O–H groups in total. The minimum atomic E-state index is -5.24. The van der Waals surface area contributed by atoms with Crippen LogP contribution in [0.25, 0.3) is 0 Å². The van der Waals surface area contributed by atoms with Gasteiger partial charge in [-0.25, -0.2) is 28.0 Å². The highest BCUT2D eigenvalue weighted by Gasteiger charge is 2.47. The number of ether oxygens (including phenoxy) is 2. The monoisotopic (exact) mass is 549 g/mol. The van der Waals surface area contributed by atoms with E-state index in [-0.39, 0.29) is 11.6 Å². The van der Waals surface area contributed by atoms with Crippen molar-refractivity contribution in [1.82, 2.24) is 20.1 Å². The van der Waals surface area contributed by atoms with Crippen molar-refractivity contribution in [2.24, 2.45) is 0 Å². The van der Waals surface area contributed by atoms with E-state index in [1.165, 1.54) is 13.8 Å². The Kier molecular flexibility index (Phi) is 8.10. The second-order valence-electron chi connectivity index (χ2n) is 8.01. The van der Waals surface area contributed by atoms with Crippen LogP contribution in [0.15, 0.2) is 41.0 Å². The van der Waals surface area contributed by atoms with Crippen LogP contribution in [0, 0.1) is 5.82 Å². The number of nitrogens with two attached hydrogens (primary N) is 1. The molecule has 2 aromatic rings. The Balaban J connectivity index is 2.47. The number of nitrogen functional groups attached to an aromatic ring is 1. The zero-order valence-corrected chi connectivity index (χ0v) is 20.4. The summed E-state index contributed by atoms with van der Waals surface area (Å²) in [7, 11) is 0.892. The molecule has 0 spiro atoms. The lowest BCUT2D eigenvalue weighted by Crippen LogP contribution is -2.37. The summed E-state index contributed by atoms with van der Waals surface area (Å²) >= 11 is 5.84. The van der Waals surface area contributed by atoms with E-state index in [2.05, 4.69) is 20.1 Å². The fraction of sp³-hybridized carbons (Fsp3) is 0.364. The Labute approximate surface area is 212 Å². The van der Waals surface area contributed by atoms with Gasteiger partial charge in [0.2, 0.25) is 5.95 Å². The molecule has 1 aromatic carbocycles. The molecule has 2 heterocycles. The zero-order chi connectivity index (χ0) is 27.7. The van der Waals surface area contributed by atoms with Crippen LogP contribution < -0.4 is 11.1 Å². The molecule has 1 aliphatic heterocycles. The lowest BCUT2D eigenvalue weighted by Gasteiger charge is -2.33. The maximum Gasteiger partial charge on any atom is 0.418 e. The topological polar surface area (TPSA) is 121 Å². The number of carbonyl (C=O) groups is 2. The smallest absolute Gasteiger partial charge is 0.418 e. The van der Waals surface area contributed by atoms with E-state index in [0.717, 1.165) is 18.1 Å². The number of esters is 2. The van der Waals surface area contributed by atoms with Gasteiger partial charge < -0.3 is 20.5 Å². The predicted octanol–water partition coefficient (Wildman–Crippen LogP) is 3.66. The zero-order valence-electron chi connectivity index (χ0n) is 19.6. The summed E-state index contributed by atoms with van der Waals surface area (Å²) in [6.45, 7) is 1.05. The van der Waals surface area contributed by atoms with Crippen LogP contribution in [0.1, 0.15) is 30.9 Å². The number of dihydropyridines is 1. The Morgan fingerprint density at radius 1 is 1.22 bits per heavy atom. The highest BCUT2D eigenvalue weighted by molar-refractivity contribution is 6.31. The van der Waals surface area contributed by atoms with Crippen molar-refractivity contribution in [1.29, 1.82) is 0 Å². The van der Waals surface area contributed by atoms with Crippen molar-refractivity contribution >= 4 is 29.5 Å². The lowest BCUT2D eigenvalue weighted by molar-refractivity contribution is -0.144. The Hall–Kier alpha value is -3.68. The first-order chi connectivity index (χ1) is 17.3. The summed E-state index contributed by atoms with van der Waals surface area (Å²) in [5.41, 5.74) is 0.646. The molecule has 15 heteroatoms. The summed E-state index contributed by atoms with van der Waals surface area (Å²) in [4.78, 5) is 29.8. The summed E-state index contributed by atoms with van der Waals surface area (Å²) in [5, 5.41) is 5.47. The molecule has 0 amide bonds. The lowest BCUT2D eigenvalue weighted by atomic mass is 9.77. The van der Waals surface area contributed by atoms with Gasteiger partial charge in [-0.3, -0.25) is 0 Å². The SMILES string of the molecule is COC(=O)C1=C(CF)NC(Cn2ncnc2N)=C(C(=O)OC(C)C)C1c1c(F)ccc(Cl)c1C(F)(F)F. The minimum Gasteiger partial charge on any atom is -0.466 e. The number of alkyl halides is 4. The first-order valence-corrected chi connectivity index (χ1v) is 11.0. The molecule has 1 unspecified atom stereocenters. The van der Waals surface area contributed by atoms with Crippen molar-refractivity contribution in [3.05, 3.63) is 63.0 Å². The maximum absolute atomic E-state index is 15.3. The van der Waals surface area contributed by atoms with E-state index in [1.54, 1.807) is 0 Å². The van der Waals surface area contributed by atoms with Crippen LogP contribution >= 0.6 is 11.6 Å². The molecule has 37 heavy (non-hydrogen) atoms. The van der Waals surface area contributed by atoms with E-state index >= 15 is 4.39 Å². The molecule has 0 saturated heterocycles. The number of methoxy groups -OCH3 is 1. The average molecular weight is 550 g/mol. The molecular weight excluding hydrogens is 529 g/mol. The normalized spacial score (nSPS) is 16.2. The summed E-state index contributed by atoms with van der Waals surface area (Å²) in [6.07, 6.45) is -4.95. The van der Waals surface area contributed by atoms with Crippen molar-refractivity contribution in [2.45, 2.75) is 38.6 Å². The van der Waals surface area contributed by atoms with Crippen molar-refractivity contribution in [3.63, 3.8) is 0 Å². The first-order valence-electron chi connectivity index (χ1n) is 10.6. The molecule has 0 bridgehead atoms. The number of nitrogens with one attached hydrogen (secondary N) is 1. The molecular formula is C22H21ClF5N5O4. The second-order valence-corrected chi connectivity index (χ2v) is 8.42. The Morgan fingerprint density at radius 2 is 1.86 bits per heavy atom. The van der Waals surface area contributed by atoms with Gasteiger partial charge in [0.1, 0.15) is 18.8 Å². The number of nitrogens with zero attached hydrogens (tertiary/aromatic N) is 3. The third-order valence-electron chi connectivity index (χ3n) is 5.30. The molecule has 0 fully saturated rings. The van der Waals surface area contributed by atoms with E-state index in [0.29, 0.717) is 12.1 Å². The highest BCUT2D eigenvalue weighted by atomic mass is 35.5. The van der Waals surface area contributed by atoms with E-state index in [9.17, 15) is 27.2 Å². The quantitative estimate of drug-likeness (QED) is 0.396. The number of rotatable bonds is 7. The fourth-order valence-electron chi connectivity index (χ4n) is 3.88. The second kappa shape index (κ2) is 10.7. The van der Waals surface area contributed by atoms with Crippen LogP contribution in [0.2, 0.25) is 5.02 Å². The number of carbonyl (C=O) groups excluding carboxylic acids is 2. The van der Waals surface area contributed by atoms with Crippen LogP contribution in [-0.4, -0.2) is 46.6 Å². The van der Waals surface area contributed by atoms with Gasteiger partial charge in [-0.1, -0.05) is 11.6 Å². The Bertz CT molecular complexity index is 1290. The van der Waals surface area contributed by atoms with Gasteiger partial charge in [-0.05, 0) is 26.0 Å². The van der Waals surface area contributed by atoms with Gasteiger partial charge in [0.15, 0.2) is 0 Å². The van der Waals surface area contributed by atoms with Crippen molar-refractivity contribution in [3.8, 4) is 0 Å². The number of anilines is 1. The van der Waals surface area contributed by atoms with Crippen molar-refractivity contribution in [2.75, 3.05) is 19.5 Å². The molecule has 1 aliphatic rings. The van der Waals surface area contributed by atoms with Crippen LogP contribution in [0.4, 0.5) is 27.9 Å². The van der Waals surface area contributed by atoms with Gasteiger partial charge in [-0.15, -0.1) is 0 Å². The van der Waals surface area contributed by atoms with Gasteiger partial charge in [0.05, 0.1) is 53.1 Å². The average Bonchev–Trinajstić information content (AvgIpc) is 3.21. The standard InChI is InChI=1S/C22H21ClF5N5O4/c1-9(2)37-20(35)16-13(7-33-21(29)30-8-31-33)32-12(6-24)15(19(34)36-3)17(16)14-11(25)5-4-10(23)18(14)22(26,27)28/h4-5,8-9,17,32H,6-7H2,1-3H3,(H2,29,30,31). The Morgan fingerprint density at radius 3 is 2.38 bits per heavy atom. The number of aromatic nitrogens is 3. The highest BCUT2D eigenvalue weighted by Crippen LogP contribution is 2.48. The van der Waals surface area contributed by atoms with E-state index in [1.807, 2.05) is 0 Å². The largest absolute Gasteiger partial charge is 0.466 e. The number of hydrogen-bond acceptors (Lipinski definition) is 8. The van der Waals surface area contributed by atoms with Gasteiger partial charge in [-0.2, -0.15) is 18.3 Å². The summed E-state index contributed by atoms with van der Waals surface area (Å²) in [5.74, 6) is -6.28. The van der Waals surface area contributed by atoms with Gasteiger partial charge in [0.25, 0.3) is 0 Å². The van der Waals surface area contributed by atoms with Crippen LogP contribution in [0.3, 0.4) is 0 Å². The van der Waals surface area contributed by atoms with Crippen LogP contribution in [0.5, 0.6) is 0 Å². The third kappa shape index (κ3) is 5.53. The summed E-state index contributed by atoms with van der Waals surface area (Å²) < 4.78 is 83.0. The number of benzene rings is 1. The van der Waals surface area contributed by atoms with E-state index < -0.39 is 82.2 Å². The fourth-order valence-corrected chi connectivity index (χ4v) is 4.15. The predicted molar refractivity (Wildman–Crippen MR) is 120 cm³/mol. The summed E-state index contributed by atoms with van der Waals surface area (Å²) in [6, 6.07) is 1.31. The molecule has 0 saturated carbocycles. The molecule has 1 atom stereocenters. The minimum absolute atomic E-state index is 0.156. The third-order valence-corrected chi connectivity index (χ3v) is 5.61. The number of halogens is 6. The molecule has 1 aromatic heterocycles. The number of allylic oxidation sites excluding steroid dienone is 2. The molecule has 0 radical (unpaired) electrons. The van der Waals surface area contributed by atoms with E-state index in [4.69, 9.17) is 22.1 Å². The first kappa shape index (κ1) is 27.9.